The van der Waals surface area contributed by atoms with Gasteiger partial charge in [0.25, 0.3) is 0 Å². The number of carbonyl (C=O) groups excluding carboxylic acids is 1. The Bertz CT molecular complexity index is 792. The first-order chi connectivity index (χ1) is 13.2. The van der Waals surface area contributed by atoms with Crippen molar-refractivity contribution >= 4 is 17.7 Å². The van der Waals surface area contributed by atoms with E-state index in [1.54, 1.807) is 26.4 Å². The van der Waals surface area contributed by atoms with Crippen LogP contribution in [0.1, 0.15) is 31.2 Å². The molecule has 1 fully saturated rings. The number of amides is 1. The number of ether oxygens (including phenoxy) is 3. The summed E-state index contributed by atoms with van der Waals surface area (Å²) in [6, 6.07) is 12.9. The molecular weight excluding hydrogens is 342 g/mol. The molecule has 0 aliphatic heterocycles. The van der Waals surface area contributed by atoms with Crippen molar-refractivity contribution in [2.45, 2.75) is 31.8 Å². The van der Waals surface area contributed by atoms with Crippen LogP contribution < -0.4 is 19.5 Å². The van der Waals surface area contributed by atoms with Crippen LogP contribution in [-0.4, -0.2) is 26.2 Å². The summed E-state index contributed by atoms with van der Waals surface area (Å²) in [4.78, 5) is 12.2. The summed E-state index contributed by atoms with van der Waals surface area (Å²) in [5, 5.41) is 2.87. The summed E-state index contributed by atoms with van der Waals surface area (Å²) >= 11 is 0. The molecule has 1 N–H and O–H groups in total. The largest absolute Gasteiger partial charge is 0.497 e. The number of hydrogen-bond acceptors (Lipinski definition) is 4. The second-order valence-electron chi connectivity index (χ2n) is 6.49. The van der Waals surface area contributed by atoms with Crippen LogP contribution >= 0.6 is 0 Å². The predicted molar refractivity (Wildman–Crippen MR) is 107 cm³/mol. The maximum absolute atomic E-state index is 12.2. The zero-order valence-corrected chi connectivity index (χ0v) is 15.7. The van der Waals surface area contributed by atoms with Crippen molar-refractivity contribution in [3.05, 3.63) is 54.1 Å². The van der Waals surface area contributed by atoms with E-state index in [1.807, 2.05) is 36.4 Å². The Morgan fingerprint density at radius 3 is 2.41 bits per heavy atom. The van der Waals surface area contributed by atoms with Crippen LogP contribution in [0.15, 0.2) is 48.5 Å². The molecule has 2 aromatic rings. The number of hydrogen-bond donors (Lipinski definition) is 1. The molecule has 142 valence electrons. The third-order valence-corrected chi connectivity index (χ3v) is 4.57. The lowest BCUT2D eigenvalue weighted by atomic mass is 10.2. The highest BCUT2D eigenvalue weighted by molar-refractivity contribution is 6.02. The average Bonchev–Trinajstić information content (AvgIpc) is 3.20. The molecule has 5 nitrogen and oxygen atoms in total. The van der Waals surface area contributed by atoms with Gasteiger partial charge in [-0.15, -0.1) is 0 Å². The van der Waals surface area contributed by atoms with E-state index in [4.69, 9.17) is 14.2 Å². The van der Waals surface area contributed by atoms with Crippen molar-refractivity contribution in [3.63, 3.8) is 0 Å². The van der Waals surface area contributed by atoms with Gasteiger partial charge in [-0.05, 0) is 61.6 Å². The molecular formula is C22H25NO4. The maximum atomic E-state index is 12.2. The van der Waals surface area contributed by atoms with Crippen LogP contribution in [-0.2, 0) is 4.79 Å². The van der Waals surface area contributed by atoms with Gasteiger partial charge < -0.3 is 19.5 Å². The molecule has 0 radical (unpaired) electrons. The van der Waals surface area contributed by atoms with Crippen molar-refractivity contribution in [2.24, 2.45) is 0 Å². The first kappa shape index (κ1) is 18.8. The van der Waals surface area contributed by atoms with Crippen LogP contribution in [0.3, 0.4) is 0 Å². The summed E-state index contributed by atoms with van der Waals surface area (Å²) < 4.78 is 16.6. The van der Waals surface area contributed by atoms with Gasteiger partial charge in [-0.3, -0.25) is 4.79 Å². The molecule has 0 bridgehead atoms. The van der Waals surface area contributed by atoms with E-state index in [2.05, 4.69) is 5.32 Å². The molecule has 1 aliphatic carbocycles. The third-order valence-electron chi connectivity index (χ3n) is 4.57. The van der Waals surface area contributed by atoms with Gasteiger partial charge in [0.1, 0.15) is 5.75 Å². The van der Waals surface area contributed by atoms with Crippen molar-refractivity contribution in [3.8, 4) is 17.2 Å². The topological polar surface area (TPSA) is 56.8 Å². The van der Waals surface area contributed by atoms with Gasteiger partial charge in [-0.2, -0.15) is 0 Å². The number of carbonyl (C=O) groups is 1. The fourth-order valence-electron chi connectivity index (χ4n) is 3.10. The lowest BCUT2D eigenvalue weighted by Gasteiger charge is -2.17. The minimum absolute atomic E-state index is 0.206. The van der Waals surface area contributed by atoms with E-state index in [1.165, 1.54) is 18.9 Å². The fraction of sp³-hybridized carbons (Fsp3) is 0.318. The Morgan fingerprint density at radius 1 is 1.00 bits per heavy atom. The summed E-state index contributed by atoms with van der Waals surface area (Å²) in [7, 11) is 3.24. The van der Waals surface area contributed by atoms with Crippen LogP contribution in [0.2, 0.25) is 0 Å². The number of anilines is 1. The van der Waals surface area contributed by atoms with Crippen LogP contribution in [0, 0.1) is 0 Å². The molecule has 2 aromatic carbocycles. The summed E-state index contributed by atoms with van der Waals surface area (Å²) in [5.41, 5.74) is 1.60. The highest BCUT2D eigenvalue weighted by Gasteiger charge is 2.18. The summed E-state index contributed by atoms with van der Waals surface area (Å²) in [6.07, 6.45) is 7.99. The number of rotatable bonds is 7. The maximum Gasteiger partial charge on any atom is 0.248 e. The number of methoxy groups -OCH3 is 2. The van der Waals surface area contributed by atoms with Crippen LogP contribution in [0.5, 0.6) is 17.2 Å². The van der Waals surface area contributed by atoms with Crippen LogP contribution in [0.4, 0.5) is 5.69 Å². The molecule has 3 rings (SSSR count). The zero-order chi connectivity index (χ0) is 19.1. The first-order valence-electron chi connectivity index (χ1n) is 9.16. The molecule has 0 aromatic heterocycles. The number of nitrogens with one attached hydrogen (secondary N) is 1. The van der Waals surface area contributed by atoms with E-state index in [9.17, 15) is 4.79 Å². The molecule has 0 saturated heterocycles. The van der Waals surface area contributed by atoms with Gasteiger partial charge >= 0.3 is 0 Å². The predicted octanol–water partition coefficient (Wildman–Crippen LogP) is 4.68. The Morgan fingerprint density at radius 2 is 1.74 bits per heavy atom. The Kier molecular flexibility index (Phi) is 6.36. The van der Waals surface area contributed by atoms with Crippen molar-refractivity contribution in [2.75, 3.05) is 19.5 Å². The molecule has 1 saturated carbocycles. The van der Waals surface area contributed by atoms with E-state index in [0.29, 0.717) is 17.2 Å². The van der Waals surface area contributed by atoms with Gasteiger partial charge in [0.2, 0.25) is 5.91 Å². The van der Waals surface area contributed by atoms with Gasteiger partial charge in [-0.25, -0.2) is 0 Å². The van der Waals surface area contributed by atoms with E-state index in [0.717, 1.165) is 24.2 Å². The van der Waals surface area contributed by atoms with Gasteiger partial charge in [0.15, 0.2) is 11.5 Å². The molecule has 0 heterocycles. The average molecular weight is 367 g/mol. The number of benzene rings is 2. The molecule has 0 unspecified atom stereocenters. The Labute approximate surface area is 159 Å². The highest BCUT2D eigenvalue weighted by atomic mass is 16.5. The van der Waals surface area contributed by atoms with Crippen molar-refractivity contribution in [1.29, 1.82) is 0 Å². The molecule has 0 atom stereocenters. The molecule has 1 aliphatic rings. The normalized spacial score (nSPS) is 14.3. The lowest BCUT2D eigenvalue weighted by Crippen LogP contribution is -2.12. The minimum atomic E-state index is -0.206. The molecule has 1 amide bonds. The monoisotopic (exact) mass is 367 g/mol. The highest BCUT2D eigenvalue weighted by Crippen LogP contribution is 2.33. The zero-order valence-electron chi connectivity index (χ0n) is 15.7. The lowest BCUT2D eigenvalue weighted by molar-refractivity contribution is -0.111. The first-order valence-corrected chi connectivity index (χ1v) is 9.16. The van der Waals surface area contributed by atoms with Crippen molar-refractivity contribution in [1.82, 2.24) is 0 Å². The van der Waals surface area contributed by atoms with Gasteiger partial charge in [0.05, 0.1) is 20.3 Å². The second kappa shape index (κ2) is 9.12. The van der Waals surface area contributed by atoms with E-state index in [-0.39, 0.29) is 12.0 Å². The molecule has 0 spiro atoms. The fourth-order valence-corrected chi connectivity index (χ4v) is 3.10. The smallest absolute Gasteiger partial charge is 0.248 e. The SMILES string of the molecule is COc1ccc(/C=C/C(=O)Nc2ccc(OC)c(OC3CCCC3)c2)cc1. The quantitative estimate of drug-likeness (QED) is 0.722. The van der Waals surface area contributed by atoms with Gasteiger partial charge in [-0.1, -0.05) is 12.1 Å². The Balaban J connectivity index is 1.64. The molecule has 5 heteroatoms. The Hall–Kier alpha value is -2.95. The second-order valence-corrected chi connectivity index (χ2v) is 6.49. The van der Waals surface area contributed by atoms with Crippen molar-refractivity contribution < 1.29 is 19.0 Å². The van der Waals surface area contributed by atoms with E-state index >= 15 is 0 Å². The minimum Gasteiger partial charge on any atom is -0.497 e. The third kappa shape index (κ3) is 5.26. The summed E-state index contributed by atoms with van der Waals surface area (Å²) in [5.74, 6) is 1.92. The van der Waals surface area contributed by atoms with Crippen LogP contribution in [0.25, 0.3) is 6.08 Å². The van der Waals surface area contributed by atoms with Gasteiger partial charge in [0, 0.05) is 17.8 Å². The summed E-state index contributed by atoms with van der Waals surface area (Å²) in [6.45, 7) is 0. The standard InChI is InChI=1S/C22H25NO4/c1-25-18-11-7-16(8-12-18)9-14-22(24)23-17-10-13-20(26-2)21(15-17)27-19-5-3-4-6-19/h7-15,19H,3-6H2,1-2H3,(H,23,24)/b14-9+. The van der Waals surface area contributed by atoms with E-state index < -0.39 is 0 Å². The molecule has 27 heavy (non-hydrogen) atoms.